The number of likely N-dealkylation sites (N-methyl/N-ethyl adjacent to an activating group) is 1. The third-order valence-corrected chi connectivity index (χ3v) is 3.51. The minimum absolute atomic E-state index is 0.0377. The molecule has 124 valence electrons. The molecule has 0 atom stereocenters. The van der Waals surface area contributed by atoms with Crippen LogP contribution in [0.3, 0.4) is 0 Å². The number of aliphatic imine (C=N–C) groups is 1. The predicted molar refractivity (Wildman–Crippen MR) is 89.0 cm³/mol. The maximum Gasteiger partial charge on any atom is 0.243 e. The molecule has 0 unspecified atom stereocenters. The molecule has 1 aromatic heterocycles. The summed E-state index contributed by atoms with van der Waals surface area (Å²) in [7, 11) is 7.21. The van der Waals surface area contributed by atoms with Crippen molar-refractivity contribution >= 4 is 23.5 Å². The average molecular weight is 329 g/mol. The van der Waals surface area contributed by atoms with Crippen LogP contribution in [0, 0.1) is 0 Å². The monoisotopic (exact) mass is 328 g/mol. The van der Waals surface area contributed by atoms with Crippen molar-refractivity contribution in [3.8, 4) is 0 Å². The van der Waals surface area contributed by atoms with Crippen molar-refractivity contribution in [1.29, 1.82) is 0 Å². The first-order chi connectivity index (χ1) is 10.4. The number of carbonyl (C=O) groups is 1. The number of aromatic nitrogens is 2. The second-order valence-electron chi connectivity index (χ2n) is 5.27. The molecule has 8 heteroatoms. The Morgan fingerprint density at radius 3 is 2.64 bits per heavy atom. The standard InChI is InChI=1S/C14H25ClN6O/c1-6-7-16-14(18-9-13(22)19(2)3)20(4)10-12-17-8-11(15)21(12)5/h8H,6-7,9-10H2,1-5H3,(H,16,18). The van der Waals surface area contributed by atoms with Gasteiger partial charge in [-0.15, -0.1) is 0 Å². The minimum atomic E-state index is -0.0377. The highest BCUT2D eigenvalue weighted by Crippen LogP contribution is 2.10. The van der Waals surface area contributed by atoms with Crippen LogP contribution in [-0.4, -0.2) is 65.5 Å². The fourth-order valence-electron chi connectivity index (χ4n) is 1.69. The second-order valence-corrected chi connectivity index (χ2v) is 5.65. The van der Waals surface area contributed by atoms with Gasteiger partial charge in [0.2, 0.25) is 5.91 Å². The van der Waals surface area contributed by atoms with E-state index < -0.39 is 0 Å². The van der Waals surface area contributed by atoms with Crippen molar-refractivity contribution in [2.45, 2.75) is 19.9 Å². The molecule has 0 saturated heterocycles. The summed E-state index contributed by atoms with van der Waals surface area (Å²) in [5.41, 5.74) is 0. The molecule has 22 heavy (non-hydrogen) atoms. The van der Waals surface area contributed by atoms with E-state index in [9.17, 15) is 4.79 Å². The maximum atomic E-state index is 11.7. The highest BCUT2D eigenvalue weighted by atomic mass is 35.5. The summed E-state index contributed by atoms with van der Waals surface area (Å²) >= 11 is 6.00. The Morgan fingerprint density at radius 2 is 2.14 bits per heavy atom. The van der Waals surface area contributed by atoms with E-state index in [0.29, 0.717) is 17.7 Å². The van der Waals surface area contributed by atoms with Gasteiger partial charge in [-0.2, -0.15) is 0 Å². The van der Waals surface area contributed by atoms with Crippen molar-refractivity contribution in [3.05, 3.63) is 17.2 Å². The van der Waals surface area contributed by atoms with Crippen LogP contribution in [-0.2, 0) is 18.4 Å². The van der Waals surface area contributed by atoms with E-state index in [-0.39, 0.29) is 12.5 Å². The van der Waals surface area contributed by atoms with Crippen LogP contribution in [0.5, 0.6) is 0 Å². The van der Waals surface area contributed by atoms with Gasteiger partial charge in [0.25, 0.3) is 0 Å². The highest BCUT2D eigenvalue weighted by molar-refractivity contribution is 6.29. The maximum absolute atomic E-state index is 11.7. The molecule has 0 aliphatic carbocycles. The smallest absolute Gasteiger partial charge is 0.243 e. The molecule has 0 spiro atoms. The van der Waals surface area contributed by atoms with Gasteiger partial charge < -0.3 is 19.7 Å². The second kappa shape index (κ2) is 8.63. The number of rotatable bonds is 6. The van der Waals surface area contributed by atoms with Gasteiger partial charge in [0.15, 0.2) is 5.96 Å². The van der Waals surface area contributed by atoms with Crippen molar-refractivity contribution in [3.63, 3.8) is 0 Å². The summed E-state index contributed by atoms with van der Waals surface area (Å²) in [4.78, 5) is 23.8. The molecule has 1 amide bonds. The number of nitrogens with zero attached hydrogens (tertiary/aromatic N) is 5. The lowest BCUT2D eigenvalue weighted by Crippen LogP contribution is -2.40. The number of hydrogen-bond donors (Lipinski definition) is 1. The molecule has 1 N–H and O–H groups in total. The van der Waals surface area contributed by atoms with E-state index in [1.807, 2.05) is 23.6 Å². The normalized spacial score (nSPS) is 11.5. The van der Waals surface area contributed by atoms with Gasteiger partial charge in [-0.05, 0) is 6.42 Å². The number of amides is 1. The summed E-state index contributed by atoms with van der Waals surface area (Å²) in [6.07, 6.45) is 2.60. The van der Waals surface area contributed by atoms with E-state index in [1.165, 1.54) is 4.90 Å². The van der Waals surface area contributed by atoms with E-state index in [1.54, 1.807) is 20.3 Å². The van der Waals surface area contributed by atoms with Crippen LogP contribution in [0.25, 0.3) is 0 Å². The number of hydrogen-bond acceptors (Lipinski definition) is 3. The zero-order valence-corrected chi connectivity index (χ0v) is 14.7. The summed E-state index contributed by atoms with van der Waals surface area (Å²) in [6, 6.07) is 0. The van der Waals surface area contributed by atoms with E-state index in [0.717, 1.165) is 18.8 Å². The highest BCUT2D eigenvalue weighted by Gasteiger charge is 2.12. The molecular formula is C14H25ClN6O. The first-order valence-corrected chi connectivity index (χ1v) is 7.60. The van der Waals surface area contributed by atoms with Crippen LogP contribution < -0.4 is 5.32 Å². The minimum Gasteiger partial charge on any atom is -0.356 e. The van der Waals surface area contributed by atoms with Crippen LogP contribution in [0.2, 0.25) is 5.15 Å². The molecule has 0 saturated carbocycles. The first-order valence-electron chi connectivity index (χ1n) is 7.22. The number of carbonyl (C=O) groups excluding carboxylic acids is 1. The van der Waals surface area contributed by atoms with Gasteiger partial charge in [0, 0.05) is 34.7 Å². The molecule has 0 fully saturated rings. The third-order valence-electron chi connectivity index (χ3n) is 3.16. The first kappa shape index (κ1) is 18.3. The lowest BCUT2D eigenvalue weighted by Gasteiger charge is -2.22. The molecule has 0 aliphatic heterocycles. The van der Waals surface area contributed by atoms with Gasteiger partial charge in [-0.25, -0.2) is 9.98 Å². The fraction of sp³-hybridized carbons (Fsp3) is 0.643. The Kier molecular flexibility index (Phi) is 7.17. The van der Waals surface area contributed by atoms with Gasteiger partial charge in [-0.1, -0.05) is 18.5 Å². The Hall–Kier alpha value is -1.76. The molecule has 1 rings (SSSR count). The molecule has 0 aliphatic rings. The molecule has 0 bridgehead atoms. The lowest BCUT2D eigenvalue weighted by molar-refractivity contribution is -0.127. The van der Waals surface area contributed by atoms with Gasteiger partial charge in [0.1, 0.15) is 17.5 Å². The Balaban J connectivity index is 2.79. The molecule has 1 heterocycles. The topological polar surface area (TPSA) is 65.8 Å². The van der Waals surface area contributed by atoms with Crippen LogP contribution in [0.4, 0.5) is 0 Å². The van der Waals surface area contributed by atoms with Crippen molar-refractivity contribution in [1.82, 2.24) is 24.7 Å². The summed E-state index contributed by atoms with van der Waals surface area (Å²) in [6.45, 7) is 3.54. The van der Waals surface area contributed by atoms with Crippen molar-refractivity contribution < 1.29 is 4.79 Å². The van der Waals surface area contributed by atoms with E-state index >= 15 is 0 Å². The zero-order chi connectivity index (χ0) is 16.7. The van der Waals surface area contributed by atoms with E-state index in [4.69, 9.17) is 11.6 Å². The van der Waals surface area contributed by atoms with Crippen LogP contribution in [0.15, 0.2) is 11.2 Å². The molecular weight excluding hydrogens is 304 g/mol. The van der Waals surface area contributed by atoms with Crippen LogP contribution in [0.1, 0.15) is 19.2 Å². The van der Waals surface area contributed by atoms with E-state index in [2.05, 4.69) is 22.2 Å². The largest absolute Gasteiger partial charge is 0.356 e. The molecule has 0 radical (unpaired) electrons. The average Bonchev–Trinajstić information content (AvgIpc) is 2.78. The quantitative estimate of drug-likeness (QED) is 0.623. The number of halogens is 1. The summed E-state index contributed by atoms with van der Waals surface area (Å²) < 4.78 is 1.82. The van der Waals surface area contributed by atoms with Crippen molar-refractivity contribution in [2.24, 2.45) is 12.0 Å². The third kappa shape index (κ3) is 5.22. The number of imidazole rings is 1. The Bertz CT molecular complexity index is 525. The fourth-order valence-corrected chi connectivity index (χ4v) is 1.84. The van der Waals surface area contributed by atoms with Gasteiger partial charge in [-0.3, -0.25) is 4.79 Å². The number of guanidine groups is 1. The molecule has 1 aromatic rings. The Morgan fingerprint density at radius 1 is 1.45 bits per heavy atom. The SMILES string of the molecule is CCCNC(=NCC(=O)N(C)C)N(C)Cc1ncc(Cl)n1C. The van der Waals surface area contributed by atoms with Gasteiger partial charge >= 0.3 is 0 Å². The van der Waals surface area contributed by atoms with Crippen LogP contribution >= 0.6 is 11.6 Å². The lowest BCUT2D eigenvalue weighted by atomic mass is 10.4. The van der Waals surface area contributed by atoms with Gasteiger partial charge in [0.05, 0.1) is 12.7 Å². The number of nitrogens with one attached hydrogen (secondary N) is 1. The van der Waals surface area contributed by atoms with Crippen molar-refractivity contribution in [2.75, 3.05) is 34.2 Å². The Labute approximate surface area is 137 Å². The summed E-state index contributed by atoms with van der Waals surface area (Å²) in [5.74, 6) is 1.47. The summed E-state index contributed by atoms with van der Waals surface area (Å²) in [5, 5.41) is 3.83. The molecule has 0 aromatic carbocycles. The molecule has 7 nitrogen and oxygen atoms in total. The predicted octanol–water partition coefficient (Wildman–Crippen LogP) is 0.949. The zero-order valence-electron chi connectivity index (χ0n) is 13.9.